The second-order valence-electron chi connectivity index (χ2n) is 5.06. The Morgan fingerprint density at radius 1 is 1.18 bits per heavy atom. The zero-order valence-electron chi connectivity index (χ0n) is 11.3. The van der Waals surface area contributed by atoms with Gasteiger partial charge in [0.2, 0.25) is 5.91 Å². The molecule has 0 radical (unpaired) electrons. The molecule has 0 saturated carbocycles. The van der Waals surface area contributed by atoms with Crippen LogP contribution in [0.25, 0.3) is 0 Å². The summed E-state index contributed by atoms with van der Waals surface area (Å²) in [6.07, 6.45) is 0.479. The van der Waals surface area contributed by atoms with Crippen LogP contribution in [-0.2, 0) is 4.79 Å². The molecule has 0 heterocycles. The zero-order chi connectivity index (χ0) is 13.6. The Hall–Kier alpha value is -0.770. The second kappa shape index (κ2) is 7.54. The molecule has 0 aromatic rings. The van der Waals surface area contributed by atoms with Crippen molar-refractivity contribution in [3.05, 3.63) is 0 Å². The van der Waals surface area contributed by atoms with E-state index in [0.717, 1.165) is 0 Å². The van der Waals surface area contributed by atoms with E-state index in [2.05, 4.69) is 10.6 Å². The molecule has 0 aliphatic rings. The standard InChI is InChI=1S/C12H24ClN3O/c1-7(2)6-10(17)16-11(8(3)4)12(14)15-9(5)13/h7-9,11H,6H2,1-5H3,(H2,14,15)(H,16,17)/t9?,11-/m0/s1. The Morgan fingerprint density at radius 3 is 2.06 bits per heavy atom. The molecule has 5 heteroatoms. The van der Waals surface area contributed by atoms with E-state index in [0.29, 0.717) is 12.3 Å². The topological polar surface area (TPSA) is 65.0 Å². The summed E-state index contributed by atoms with van der Waals surface area (Å²) < 4.78 is 0. The largest absolute Gasteiger partial charge is 0.356 e. The van der Waals surface area contributed by atoms with E-state index in [-0.39, 0.29) is 29.2 Å². The average Bonchev–Trinajstić information content (AvgIpc) is 2.10. The predicted molar refractivity (Wildman–Crippen MR) is 72.4 cm³/mol. The highest BCUT2D eigenvalue weighted by molar-refractivity contribution is 6.21. The van der Waals surface area contributed by atoms with Crippen molar-refractivity contribution in [2.75, 3.05) is 0 Å². The summed E-state index contributed by atoms with van der Waals surface area (Å²) >= 11 is 5.78. The molecule has 4 nitrogen and oxygen atoms in total. The summed E-state index contributed by atoms with van der Waals surface area (Å²) in [6.45, 7) is 9.68. The maximum atomic E-state index is 11.7. The van der Waals surface area contributed by atoms with Crippen LogP contribution in [0.2, 0.25) is 0 Å². The first kappa shape index (κ1) is 16.2. The van der Waals surface area contributed by atoms with Gasteiger partial charge in [-0.15, -0.1) is 0 Å². The molecule has 100 valence electrons. The van der Waals surface area contributed by atoms with Gasteiger partial charge < -0.3 is 10.6 Å². The van der Waals surface area contributed by atoms with Crippen LogP contribution >= 0.6 is 11.6 Å². The minimum Gasteiger partial charge on any atom is -0.356 e. The summed E-state index contributed by atoms with van der Waals surface area (Å²) in [7, 11) is 0. The van der Waals surface area contributed by atoms with Crippen molar-refractivity contribution in [2.24, 2.45) is 11.8 Å². The third-order valence-corrected chi connectivity index (χ3v) is 2.35. The second-order valence-corrected chi connectivity index (χ2v) is 5.72. The van der Waals surface area contributed by atoms with Gasteiger partial charge in [0.15, 0.2) is 0 Å². The van der Waals surface area contributed by atoms with E-state index in [1.165, 1.54) is 0 Å². The number of alkyl halides is 1. The maximum absolute atomic E-state index is 11.7. The van der Waals surface area contributed by atoms with E-state index >= 15 is 0 Å². The molecule has 0 saturated heterocycles. The SMILES string of the molecule is CC(C)CC(=O)N[C@H](C(=N)NC(C)Cl)C(C)C. The number of nitrogens with one attached hydrogen (secondary N) is 3. The summed E-state index contributed by atoms with van der Waals surface area (Å²) in [5, 5.41) is 13.6. The van der Waals surface area contributed by atoms with Gasteiger partial charge in [0, 0.05) is 6.42 Å². The Morgan fingerprint density at radius 2 is 1.71 bits per heavy atom. The van der Waals surface area contributed by atoms with Crippen molar-refractivity contribution in [1.82, 2.24) is 10.6 Å². The van der Waals surface area contributed by atoms with Gasteiger partial charge in [-0.25, -0.2) is 0 Å². The molecule has 2 atom stereocenters. The van der Waals surface area contributed by atoms with E-state index < -0.39 is 0 Å². The molecule has 0 fully saturated rings. The van der Waals surface area contributed by atoms with Gasteiger partial charge in [-0.2, -0.15) is 0 Å². The molecule has 0 aromatic carbocycles. The van der Waals surface area contributed by atoms with Crippen LogP contribution in [0.5, 0.6) is 0 Å². The van der Waals surface area contributed by atoms with Gasteiger partial charge in [0.25, 0.3) is 0 Å². The molecule has 0 aliphatic carbocycles. The van der Waals surface area contributed by atoms with Crippen LogP contribution in [0.1, 0.15) is 41.0 Å². The molecular formula is C12H24ClN3O. The normalized spacial score (nSPS) is 14.6. The number of carbonyl (C=O) groups excluding carboxylic acids is 1. The molecule has 0 aromatic heterocycles. The molecule has 0 bridgehead atoms. The molecule has 17 heavy (non-hydrogen) atoms. The van der Waals surface area contributed by atoms with E-state index in [1.807, 2.05) is 27.7 Å². The van der Waals surface area contributed by atoms with Gasteiger partial charge in [-0.05, 0) is 18.8 Å². The highest BCUT2D eigenvalue weighted by Crippen LogP contribution is 2.06. The van der Waals surface area contributed by atoms with Crippen molar-refractivity contribution in [3.63, 3.8) is 0 Å². The Bertz CT molecular complexity index is 264. The third-order valence-electron chi connectivity index (χ3n) is 2.24. The highest BCUT2D eigenvalue weighted by Gasteiger charge is 2.21. The number of hydrogen-bond donors (Lipinski definition) is 3. The van der Waals surface area contributed by atoms with Gasteiger partial charge in [0.05, 0.1) is 11.5 Å². The fourth-order valence-corrected chi connectivity index (χ4v) is 1.60. The summed E-state index contributed by atoms with van der Waals surface area (Å²) in [6, 6.07) is -0.303. The molecule has 1 unspecified atom stereocenters. The first-order valence-corrected chi connectivity index (χ1v) is 6.46. The average molecular weight is 262 g/mol. The summed E-state index contributed by atoms with van der Waals surface area (Å²) in [4.78, 5) is 11.7. The molecular weight excluding hydrogens is 238 g/mol. The lowest BCUT2D eigenvalue weighted by Gasteiger charge is -2.25. The minimum atomic E-state index is -0.314. The minimum absolute atomic E-state index is 0.0209. The lowest BCUT2D eigenvalue weighted by atomic mass is 10.0. The van der Waals surface area contributed by atoms with Crippen molar-refractivity contribution in [2.45, 2.75) is 52.6 Å². The smallest absolute Gasteiger partial charge is 0.220 e. The summed E-state index contributed by atoms with van der Waals surface area (Å²) in [5.74, 6) is 0.713. The zero-order valence-corrected chi connectivity index (χ0v) is 12.1. The van der Waals surface area contributed by atoms with Crippen molar-refractivity contribution in [1.29, 1.82) is 5.41 Å². The molecule has 0 rings (SSSR count). The van der Waals surface area contributed by atoms with Gasteiger partial charge in [0.1, 0.15) is 5.84 Å². The molecule has 0 spiro atoms. The molecule has 0 aliphatic heterocycles. The van der Waals surface area contributed by atoms with E-state index in [1.54, 1.807) is 6.92 Å². The monoisotopic (exact) mass is 261 g/mol. The number of rotatable bonds is 6. The lowest BCUT2D eigenvalue weighted by molar-refractivity contribution is -0.122. The van der Waals surface area contributed by atoms with Crippen LogP contribution < -0.4 is 10.6 Å². The van der Waals surface area contributed by atoms with Crippen LogP contribution in [-0.4, -0.2) is 23.3 Å². The maximum Gasteiger partial charge on any atom is 0.220 e. The third kappa shape index (κ3) is 7.21. The van der Waals surface area contributed by atoms with Crippen LogP contribution in [0.3, 0.4) is 0 Å². The number of hydrogen-bond acceptors (Lipinski definition) is 2. The van der Waals surface area contributed by atoms with Crippen LogP contribution in [0.15, 0.2) is 0 Å². The first-order valence-electron chi connectivity index (χ1n) is 6.02. The van der Waals surface area contributed by atoms with Gasteiger partial charge in [-0.3, -0.25) is 10.2 Å². The Labute approximate surface area is 109 Å². The first-order chi connectivity index (χ1) is 7.73. The Kier molecular flexibility index (Phi) is 7.19. The molecule has 3 N–H and O–H groups in total. The quantitative estimate of drug-likeness (QED) is 0.297. The predicted octanol–water partition coefficient (Wildman–Crippen LogP) is 2.32. The van der Waals surface area contributed by atoms with Gasteiger partial charge >= 0.3 is 0 Å². The fraction of sp³-hybridized carbons (Fsp3) is 0.833. The number of amides is 1. The van der Waals surface area contributed by atoms with E-state index in [4.69, 9.17) is 17.0 Å². The van der Waals surface area contributed by atoms with Crippen molar-refractivity contribution >= 4 is 23.3 Å². The van der Waals surface area contributed by atoms with Crippen LogP contribution in [0.4, 0.5) is 0 Å². The lowest BCUT2D eigenvalue weighted by Crippen LogP contribution is -2.50. The van der Waals surface area contributed by atoms with Crippen LogP contribution in [0, 0.1) is 17.2 Å². The van der Waals surface area contributed by atoms with Gasteiger partial charge in [-0.1, -0.05) is 39.3 Å². The Balaban J connectivity index is 4.43. The number of carbonyl (C=O) groups is 1. The van der Waals surface area contributed by atoms with Crippen molar-refractivity contribution < 1.29 is 4.79 Å². The highest BCUT2D eigenvalue weighted by atomic mass is 35.5. The van der Waals surface area contributed by atoms with Crippen molar-refractivity contribution in [3.8, 4) is 0 Å². The van der Waals surface area contributed by atoms with E-state index in [9.17, 15) is 4.79 Å². The number of amidine groups is 1. The molecule has 1 amide bonds. The summed E-state index contributed by atoms with van der Waals surface area (Å²) in [5.41, 5.74) is -0.314. The fourth-order valence-electron chi connectivity index (χ4n) is 1.48. The number of halogens is 1.